The molecule has 1 fully saturated rings. The van der Waals surface area contributed by atoms with Gasteiger partial charge in [0.05, 0.1) is 7.11 Å². The fourth-order valence-corrected chi connectivity index (χ4v) is 1.81. The lowest BCUT2D eigenvalue weighted by atomic mass is 9.98. The van der Waals surface area contributed by atoms with Crippen LogP contribution in [0, 0.1) is 0 Å². The van der Waals surface area contributed by atoms with Gasteiger partial charge in [0.25, 0.3) is 0 Å². The van der Waals surface area contributed by atoms with Gasteiger partial charge >= 0.3 is 12.1 Å². The van der Waals surface area contributed by atoms with E-state index in [1.54, 1.807) is 20.8 Å². The number of carbonyl (C=O) groups excluding carboxylic acids is 2. The second-order valence-corrected chi connectivity index (χ2v) is 5.42. The zero-order valence-electron chi connectivity index (χ0n) is 11.5. The molecule has 1 rings (SSSR count). The molecule has 1 amide bonds. The Morgan fingerprint density at radius 1 is 1.39 bits per heavy atom. The van der Waals surface area contributed by atoms with Crippen LogP contribution in [-0.2, 0) is 14.3 Å². The van der Waals surface area contributed by atoms with Gasteiger partial charge in [-0.15, -0.1) is 0 Å². The van der Waals surface area contributed by atoms with E-state index in [9.17, 15) is 9.59 Å². The van der Waals surface area contributed by atoms with Crippen molar-refractivity contribution in [2.75, 3.05) is 13.7 Å². The number of piperidine rings is 1. The molecule has 0 N–H and O–H groups in total. The lowest BCUT2D eigenvalue weighted by Crippen LogP contribution is -2.50. The Morgan fingerprint density at radius 3 is 2.50 bits per heavy atom. The Morgan fingerprint density at radius 2 is 2.00 bits per heavy atom. The number of methoxy groups -OCH3 is 1. The predicted molar refractivity (Wildman–Crippen MR) is 67.1 cm³/mol. The summed E-state index contributed by atoms with van der Waals surface area (Å²) in [4.78, 5) is 25.1. The van der Waals surface area contributed by atoms with E-state index in [4.69, 9.17) is 9.47 Å². The molecule has 0 saturated carbocycles. The number of likely N-dealkylation sites (tertiary alicyclic amines) is 1. The largest absolute Gasteiger partial charge is 0.467 e. The number of rotatable bonds is 1. The highest BCUT2D eigenvalue weighted by molar-refractivity contribution is 5.82. The Bertz CT molecular complexity index is 356. The number of hydrogen-bond acceptors (Lipinski definition) is 4. The van der Waals surface area contributed by atoms with Crippen LogP contribution in [0.1, 0.15) is 33.6 Å². The van der Waals surface area contributed by atoms with E-state index in [-0.39, 0.29) is 0 Å². The lowest BCUT2D eigenvalue weighted by molar-refractivity contribution is -0.147. The van der Waals surface area contributed by atoms with Crippen molar-refractivity contribution in [2.45, 2.75) is 45.3 Å². The minimum atomic E-state index is -0.619. The van der Waals surface area contributed by atoms with E-state index < -0.39 is 23.7 Å². The second-order valence-electron chi connectivity index (χ2n) is 5.42. The van der Waals surface area contributed by atoms with Crippen molar-refractivity contribution in [3.63, 3.8) is 0 Å². The van der Waals surface area contributed by atoms with Gasteiger partial charge in [0.15, 0.2) is 0 Å². The number of amides is 1. The third-order valence-electron chi connectivity index (χ3n) is 2.67. The van der Waals surface area contributed by atoms with E-state index in [1.807, 2.05) is 0 Å². The molecule has 0 aromatic heterocycles. The van der Waals surface area contributed by atoms with E-state index in [0.717, 1.165) is 5.57 Å². The summed E-state index contributed by atoms with van der Waals surface area (Å²) in [6, 6.07) is -0.619. The minimum Gasteiger partial charge on any atom is -0.467 e. The van der Waals surface area contributed by atoms with E-state index >= 15 is 0 Å². The normalized spacial score (nSPS) is 20.6. The Kier molecular flexibility index (Phi) is 4.38. The third kappa shape index (κ3) is 3.75. The fourth-order valence-electron chi connectivity index (χ4n) is 1.81. The van der Waals surface area contributed by atoms with Gasteiger partial charge in [-0.05, 0) is 33.6 Å². The number of hydrogen-bond donors (Lipinski definition) is 0. The van der Waals surface area contributed by atoms with Gasteiger partial charge < -0.3 is 9.47 Å². The molecule has 0 aromatic rings. The highest BCUT2D eigenvalue weighted by Crippen LogP contribution is 2.24. The maximum Gasteiger partial charge on any atom is 0.411 e. The van der Waals surface area contributed by atoms with Crippen LogP contribution in [-0.4, -0.2) is 42.3 Å². The van der Waals surface area contributed by atoms with E-state index in [0.29, 0.717) is 19.4 Å². The van der Waals surface area contributed by atoms with Gasteiger partial charge in [0.1, 0.15) is 11.6 Å². The first-order valence-corrected chi connectivity index (χ1v) is 5.98. The fraction of sp³-hybridized carbons (Fsp3) is 0.692. The van der Waals surface area contributed by atoms with Crippen molar-refractivity contribution in [2.24, 2.45) is 0 Å². The third-order valence-corrected chi connectivity index (χ3v) is 2.67. The van der Waals surface area contributed by atoms with Crippen LogP contribution in [0.2, 0.25) is 0 Å². The first-order valence-electron chi connectivity index (χ1n) is 5.98. The van der Waals surface area contributed by atoms with E-state index in [1.165, 1.54) is 12.0 Å². The van der Waals surface area contributed by atoms with Gasteiger partial charge in [-0.3, -0.25) is 4.90 Å². The molecule has 0 aliphatic carbocycles. The average molecular weight is 255 g/mol. The number of ether oxygens (including phenoxy) is 2. The van der Waals surface area contributed by atoms with Gasteiger partial charge in [0.2, 0.25) is 0 Å². The molecule has 0 radical (unpaired) electrons. The Balaban J connectivity index is 2.80. The Labute approximate surface area is 108 Å². The lowest BCUT2D eigenvalue weighted by Gasteiger charge is -2.35. The molecule has 0 bridgehead atoms. The van der Waals surface area contributed by atoms with Gasteiger partial charge in [0, 0.05) is 6.54 Å². The molecule has 1 atom stereocenters. The van der Waals surface area contributed by atoms with Gasteiger partial charge in [-0.1, -0.05) is 12.2 Å². The monoisotopic (exact) mass is 255 g/mol. The SMILES string of the molecule is C=C1CCN(C(=O)OC(C)(C)C)[C@@H](C(=O)OC)C1. The zero-order valence-corrected chi connectivity index (χ0v) is 11.5. The average Bonchev–Trinajstić information content (AvgIpc) is 2.25. The molecular formula is C13H21NO4. The summed E-state index contributed by atoms with van der Waals surface area (Å²) < 4.78 is 10.0. The molecule has 1 aliphatic heterocycles. The highest BCUT2D eigenvalue weighted by Gasteiger charge is 2.36. The summed E-state index contributed by atoms with van der Waals surface area (Å²) in [7, 11) is 1.31. The molecule has 0 aromatic carbocycles. The predicted octanol–water partition coefficient (Wildman–Crippen LogP) is 2.12. The molecular weight excluding hydrogens is 234 g/mol. The van der Waals surface area contributed by atoms with Crippen LogP contribution in [0.5, 0.6) is 0 Å². The van der Waals surface area contributed by atoms with Crippen molar-refractivity contribution in [1.29, 1.82) is 0 Å². The van der Waals surface area contributed by atoms with Crippen LogP contribution in [0.25, 0.3) is 0 Å². The Hall–Kier alpha value is -1.52. The summed E-state index contributed by atoms with van der Waals surface area (Å²) in [5, 5.41) is 0. The van der Waals surface area contributed by atoms with Crippen molar-refractivity contribution >= 4 is 12.1 Å². The number of carbonyl (C=O) groups is 2. The van der Waals surface area contributed by atoms with Gasteiger partial charge in [-0.25, -0.2) is 9.59 Å². The number of nitrogens with zero attached hydrogens (tertiary/aromatic N) is 1. The van der Waals surface area contributed by atoms with Crippen LogP contribution >= 0.6 is 0 Å². The van der Waals surface area contributed by atoms with Crippen LogP contribution in [0.15, 0.2) is 12.2 Å². The van der Waals surface area contributed by atoms with Gasteiger partial charge in [-0.2, -0.15) is 0 Å². The van der Waals surface area contributed by atoms with E-state index in [2.05, 4.69) is 6.58 Å². The second kappa shape index (κ2) is 5.42. The molecule has 102 valence electrons. The highest BCUT2D eigenvalue weighted by atomic mass is 16.6. The standard InChI is InChI=1S/C13H21NO4/c1-9-6-7-14(10(8-9)11(15)17-5)12(16)18-13(2,3)4/h10H,1,6-8H2,2-5H3/t10-/m1/s1. The molecule has 0 spiro atoms. The van der Waals surface area contributed by atoms with Crippen molar-refractivity contribution < 1.29 is 19.1 Å². The smallest absolute Gasteiger partial charge is 0.411 e. The molecule has 0 unspecified atom stereocenters. The van der Waals surface area contributed by atoms with Crippen molar-refractivity contribution in [3.05, 3.63) is 12.2 Å². The topological polar surface area (TPSA) is 55.8 Å². The molecule has 18 heavy (non-hydrogen) atoms. The molecule has 1 aliphatic rings. The maximum atomic E-state index is 12.0. The molecule has 5 heteroatoms. The van der Waals surface area contributed by atoms with Crippen LogP contribution < -0.4 is 0 Å². The summed E-state index contributed by atoms with van der Waals surface area (Å²) in [5.74, 6) is -0.429. The van der Waals surface area contributed by atoms with Crippen molar-refractivity contribution in [3.8, 4) is 0 Å². The minimum absolute atomic E-state index is 0.429. The molecule has 1 heterocycles. The zero-order chi connectivity index (χ0) is 13.9. The van der Waals surface area contributed by atoms with Crippen LogP contribution in [0.3, 0.4) is 0 Å². The van der Waals surface area contributed by atoms with Crippen molar-refractivity contribution in [1.82, 2.24) is 4.90 Å². The quantitative estimate of drug-likeness (QED) is 0.532. The first-order chi connectivity index (χ1) is 8.24. The summed E-state index contributed by atoms with van der Waals surface area (Å²) in [5.41, 5.74) is 0.372. The first kappa shape index (κ1) is 14.5. The summed E-state index contributed by atoms with van der Waals surface area (Å²) in [6.07, 6.45) is 0.643. The van der Waals surface area contributed by atoms with Crippen LogP contribution in [0.4, 0.5) is 4.79 Å². The maximum absolute atomic E-state index is 12.0. The number of esters is 1. The summed E-state index contributed by atoms with van der Waals surface area (Å²) in [6.45, 7) is 9.68. The molecule has 1 saturated heterocycles. The molecule has 5 nitrogen and oxygen atoms in total. The summed E-state index contributed by atoms with van der Waals surface area (Å²) >= 11 is 0.